The number of methoxy groups -OCH3 is 1. The Morgan fingerprint density at radius 1 is 0.814 bits per heavy atom. The monoisotopic (exact) mass is 1120 g/mol. The van der Waals surface area contributed by atoms with Crippen LogP contribution in [0.2, 0.25) is 0 Å². The molecule has 0 spiro atoms. The SMILES string of the molecule is CC[C@@H](O)[C@@](C)(O)[C@@H]1OC(=O)[C@H](C)[C@@H](O[C@H]2CC(C)(OC)[C@@H](O)C(C)O2)[C@H](C)[C@@H](O[C@@H]2OC(C)CC(N(CCCCCCCCCCBr)CCCCCCCCCCBr)C2O)C2(C)CC(C)=C(O2)[C@@H]1C. The minimum atomic E-state index is -1.83. The number of esters is 1. The van der Waals surface area contributed by atoms with Gasteiger partial charge in [-0.1, -0.05) is 130 Å². The first-order chi connectivity index (χ1) is 33.2. The van der Waals surface area contributed by atoms with Gasteiger partial charge in [0, 0.05) is 42.6 Å². The Bertz CT molecular complexity index is 1540. The highest BCUT2D eigenvalue weighted by Gasteiger charge is 2.57. The van der Waals surface area contributed by atoms with Crippen LogP contribution in [-0.2, 0) is 38.0 Å². The number of rotatable bonds is 29. The van der Waals surface area contributed by atoms with Gasteiger partial charge in [-0.2, -0.15) is 0 Å². The molecule has 0 aromatic heterocycles. The number of nitrogens with zero attached hydrogens (tertiary/aromatic N) is 1. The largest absolute Gasteiger partial charge is 0.488 e. The number of alkyl halides is 2. The molecular formula is C55H99Br2NO12. The van der Waals surface area contributed by atoms with Crippen LogP contribution in [0.15, 0.2) is 11.3 Å². The van der Waals surface area contributed by atoms with Crippen LogP contribution in [0.5, 0.6) is 0 Å². The van der Waals surface area contributed by atoms with Gasteiger partial charge in [0.05, 0.1) is 41.9 Å². The first-order valence-corrected chi connectivity index (χ1v) is 29.8. The van der Waals surface area contributed by atoms with E-state index in [9.17, 15) is 25.2 Å². The number of halogens is 2. The lowest BCUT2D eigenvalue weighted by Crippen LogP contribution is -2.61. The van der Waals surface area contributed by atoms with E-state index in [1.165, 1.54) is 84.0 Å². The number of aliphatic hydroxyl groups excluding tert-OH is 3. The summed E-state index contributed by atoms with van der Waals surface area (Å²) in [5, 5.41) is 49.1. The molecule has 70 heavy (non-hydrogen) atoms. The third kappa shape index (κ3) is 16.8. The molecule has 4 N–H and O–H groups in total. The van der Waals surface area contributed by atoms with Crippen molar-refractivity contribution in [3.63, 3.8) is 0 Å². The fourth-order valence-electron chi connectivity index (χ4n) is 12.0. The predicted molar refractivity (Wildman–Crippen MR) is 283 cm³/mol. The maximum absolute atomic E-state index is 14.7. The van der Waals surface area contributed by atoms with Crippen molar-refractivity contribution in [3.8, 4) is 0 Å². The Morgan fingerprint density at radius 3 is 1.86 bits per heavy atom. The topological polar surface area (TPSA) is 166 Å². The Labute approximate surface area is 440 Å². The first kappa shape index (κ1) is 62.1. The van der Waals surface area contributed by atoms with Crippen molar-refractivity contribution in [3.05, 3.63) is 11.3 Å². The standard InChI is InChI=1S/C55H99Br2NO12/c1-12-43(59)55(10,63)50-38(4)46-36(2)34-54(9,70-46)49(39(5)47(40(6)51(62)68-50)67-44-35-53(8,64-11)48(61)41(7)66-44)69-52-45(60)42(33-37(3)65-52)58(31-27-23-19-15-13-17-21-25-29-56)32-28-24-20-16-14-18-22-26-30-57/h37-45,47-50,52,59-61,63H,12-35H2,1-11H3/t37?,38-,39-,40+,41?,42?,43+,44-,45?,47-,48-,49+,50+,52-,53?,54?,55+/m0/s1. The fraction of sp³-hybridized carbons (Fsp3) is 0.945. The number of carbonyl (C=O) groups is 1. The number of ether oxygens (including phenoxy) is 7. The molecule has 0 radical (unpaired) electrons. The number of carbonyl (C=O) groups excluding carboxylic acids is 1. The molecule has 13 nitrogen and oxygen atoms in total. The number of hydrogen-bond donors (Lipinski definition) is 4. The van der Waals surface area contributed by atoms with E-state index in [0.29, 0.717) is 18.6 Å². The molecule has 3 fully saturated rings. The average Bonchev–Trinajstić information content (AvgIpc) is 3.64. The first-order valence-electron chi connectivity index (χ1n) is 27.6. The van der Waals surface area contributed by atoms with Gasteiger partial charge in [0.1, 0.15) is 41.4 Å². The molecule has 0 aromatic carbocycles. The summed E-state index contributed by atoms with van der Waals surface area (Å²) in [6, 6.07) is -0.197. The molecule has 0 saturated carbocycles. The van der Waals surface area contributed by atoms with Crippen molar-refractivity contribution in [2.24, 2.45) is 17.8 Å². The van der Waals surface area contributed by atoms with E-state index in [-0.39, 0.29) is 25.0 Å². The number of aliphatic hydroxyl groups is 4. The number of unbranched alkanes of at least 4 members (excludes halogenated alkanes) is 14. The molecule has 0 aliphatic carbocycles. The second-order valence-corrected chi connectivity index (χ2v) is 24.0. The molecule has 6 unspecified atom stereocenters. The van der Waals surface area contributed by atoms with Crippen molar-refractivity contribution >= 4 is 37.8 Å². The quantitative estimate of drug-likeness (QED) is 0.0318. The molecule has 4 rings (SSSR count). The van der Waals surface area contributed by atoms with Gasteiger partial charge in [-0.05, 0) is 106 Å². The molecule has 4 heterocycles. The fourth-order valence-corrected chi connectivity index (χ4v) is 12.8. The second kappa shape index (κ2) is 29.8. The summed E-state index contributed by atoms with van der Waals surface area (Å²) in [5.74, 6) is -2.26. The third-order valence-corrected chi connectivity index (χ3v) is 17.5. The summed E-state index contributed by atoms with van der Waals surface area (Å²) >= 11 is 7.11. The zero-order chi connectivity index (χ0) is 51.8. The lowest BCUT2D eigenvalue weighted by Gasteiger charge is -2.49. The van der Waals surface area contributed by atoms with Crippen LogP contribution in [0.1, 0.15) is 198 Å². The summed E-state index contributed by atoms with van der Waals surface area (Å²) in [6.07, 6.45) is 12.2. The number of hydrogen-bond acceptors (Lipinski definition) is 13. The van der Waals surface area contributed by atoms with Crippen molar-refractivity contribution in [1.82, 2.24) is 4.90 Å². The minimum Gasteiger partial charge on any atom is -0.488 e. The van der Waals surface area contributed by atoms with Gasteiger partial charge in [0.15, 0.2) is 12.6 Å². The molecule has 4 aliphatic rings. The van der Waals surface area contributed by atoms with Crippen molar-refractivity contribution < 1.29 is 58.4 Å². The van der Waals surface area contributed by atoms with E-state index in [0.717, 1.165) is 55.0 Å². The summed E-state index contributed by atoms with van der Waals surface area (Å²) in [7, 11) is 1.55. The maximum Gasteiger partial charge on any atom is 0.311 e. The van der Waals surface area contributed by atoms with Gasteiger partial charge < -0.3 is 53.6 Å². The van der Waals surface area contributed by atoms with Gasteiger partial charge in [-0.3, -0.25) is 9.69 Å². The van der Waals surface area contributed by atoms with Gasteiger partial charge in [-0.15, -0.1) is 0 Å². The van der Waals surface area contributed by atoms with Crippen molar-refractivity contribution in [2.45, 2.75) is 282 Å². The number of fused-ring (bicyclic) bond motifs is 2. The lowest BCUT2D eigenvalue weighted by atomic mass is 9.78. The normalized spacial score (nSPS) is 36.7. The third-order valence-electron chi connectivity index (χ3n) is 16.4. The van der Waals surface area contributed by atoms with E-state index in [1.807, 2.05) is 34.6 Å². The summed E-state index contributed by atoms with van der Waals surface area (Å²) in [6.45, 7) is 20.3. The van der Waals surface area contributed by atoms with Crippen molar-refractivity contribution in [1.29, 1.82) is 0 Å². The molecule has 3 saturated heterocycles. The highest BCUT2D eigenvalue weighted by Crippen LogP contribution is 2.48. The molecular weight excluding hydrogens is 1030 g/mol. The molecule has 0 aromatic rings. The molecule has 4 aliphatic heterocycles. The van der Waals surface area contributed by atoms with Crippen LogP contribution in [0, 0.1) is 17.8 Å². The zero-order valence-corrected chi connectivity index (χ0v) is 48.5. The molecule has 0 amide bonds. The molecule has 2 bridgehead atoms. The van der Waals surface area contributed by atoms with Crippen LogP contribution < -0.4 is 0 Å². The smallest absolute Gasteiger partial charge is 0.311 e. The van der Waals surface area contributed by atoms with Crippen LogP contribution in [0.3, 0.4) is 0 Å². The predicted octanol–water partition coefficient (Wildman–Crippen LogP) is 10.7. The Balaban J connectivity index is 1.68. The van der Waals surface area contributed by atoms with Crippen LogP contribution in [-0.4, -0.2) is 146 Å². The summed E-state index contributed by atoms with van der Waals surface area (Å²) in [5.41, 5.74) is -2.98. The highest BCUT2D eigenvalue weighted by atomic mass is 79.9. The number of cyclic esters (lactones) is 1. The van der Waals surface area contributed by atoms with Crippen LogP contribution >= 0.6 is 31.9 Å². The van der Waals surface area contributed by atoms with Crippen LogP contribution in [0.25, 0.3) is 0 Å². The van der Waals surface area contributed by atoms with Gasteiger partial charge in [0.25, 0.3) is 0 Å². The highest BCUT2D eigenvalue weighted by molar-refractivity contribution is 9.09. The van der Waals surface area contributed by atoms with Gasteiger partial charge in [-0.25, -0.2) is 0 Å². The van der Waals surface area contributed by atoms with E-state index in [2.05, 4.69) is 43.7 Å². The Kier molecular flexibility index (Phi) is 26.4. The Morgan fingerprint density at radius 2 is 1.34 bits per heavy atom. The van der Waals surface area contributed by atoms with Crippen molar-refractivity contribution in [2.75, 3.05) is 30.9 Å². The Hall–Kier alpha value is -0.430. The second-order valence-electron chi connectivity index (χ2n) is 22.5. The maximum atomic E-state index is 14.7. The molecule has 17 atom stereocenters. The van der Waals surface area contributed by atoms with Crippen LogP contribution in [0.4, 0.5) is 0 Å². The average molecular weight is 1130 g/mol. The molecule has 15 heteroatoms. The van der Waals surface area contributed by atoms with E-state index >= 15 is 0 Å². The minimum absolute atomic E-state index is 0.176. The van der Waals surface area contributed by atoms with E-state index in [1.54, 1.807) is 27.9 Å². The van der Waals surface area contributed by atoms with Gasteiger partial charge >= 0.3 is 5.97 Å². The van der Waals surface area contributed by atoms with E-state index < -0.39 is 95.8 Å². The molecule has 410 valence electrons. The van der Waals surface area contributed by atoms with Gasteiger partial charge in [0.2, 0.25) is 0 Å². The summed E-state index contributed by atoms with van der Waals surface area (Å²) in [4.78, 5) is 17.2. The zero-order valence-electron chi connectivity index (χ0n) is 45.3. The lowest BCUT2D eigenvalue weighted by molar-refractivity contribution is -0.317. The van der Waals surface area contributed by atoms with E-state index in [4.69, 9.17) is 33.2 Å². The summed E-state index contributed by atoms with van der Waals surface area (Å²) < 4.78 is 46.4.